The highest BCUT2D eigenvalue weighted by molar-refractivity contribution is 6.03. The Morgan fingerprint density at radius 2 is 1.23 bits per heavy atom. The summed E-state index contributed by atoms with van der Waals surface area (Å²) < 4.78 is 5.41. The Balaban J connectivity index is 2.73. The molecule has 0 aromatic heterocycles. The highest BCUT2D eigenvalue weighted by Gasteiger charge is 2.44. The maximum absolute atomic E-state index is 14.7. The third-order valence-electron chi connectivity index (χ3n) is 15.7. The molecule has 14 atom stereocenters. The number of allylic oxidation sites excluding steroid dienone is 1. The van der Waals surface area contributed by atoms with E-state index in [0.29, 0.717) is 12.8 Å². The number of likely N-dealkylation sites (N-methyl/N-ethyl adjacent to an activating group) is 1. The largest absolute Gasteiger partial charge is 0.393 e. The van der Waals surface area contributed by atoms with Gasteiger partial charge in [-0.25, -0.2) is 0 Å². The molecule has 0 radical (unpaired) electrons. The molecule has 0 spiro atoms. The van der Waals surface area contributed by atoms with Gasteiger partial charge in [0.05, 0.1) is 43.4 Å². The van der Waals surface area contributed by atoms with Crippen LogP contribution in [0, 0.1) is 11.8 Å². The van der Waals surface area contributed by atoms with Crippen molar-refractivity contribution < 1.29 is 82.7 Å². The van der Waals surface area contributed by atoms with Gasteiger partial charge in [-0.05, 0) is 78.1 Å². The molecule has 0 aliphatic carbocycles. The number of aliphatic hydroxyl groups excluding tert-OH is 4. The number of hydrogen-bond donors (Lipinski definition) is 14. The predicted molar refractivity (Wildman–Crippen MR) is 317 cm³/mol. The number of primary amides is 2. The van der Waals surface area contributed by atoms with Gasteiger partial charge in [-0.1, -0.05) is 91.6 Å². The molecule has 29 nitrogen and oxygen atoms in total. The Labute approximate surface area is 510 Å². The summed E-state index contributed by atoms with van der Waals surface area (Å²) >= 11 is 0. The normalized spacial score (nSPS) is 26.6. The van der Waals surface area contributed by atoms with Crippen molar-refractivity contribution >= 4 is 70.9 Å². The topological polar surface area (TPSA) is 450 Å². The molecule has 0 bridgehead atoms. The number of rotatable bonds is 24. The van der Waals surface area contributed by atoms with Gasteiger partial charge in [-0.3, -0.25) is 57.5 Å². The van der Waals surface area contributed by atoms with Gasteiger partial charge in [-0.15, -0.1) is 0 Å². The molecule has 87 heavy (non-hydrogen) atoms. The fraction of sp³-hybridized carbons (Fsp3) is 0.759. The summed E-state index contributed by atoms with van der Waals surface area (Å²) in [7, 11) is 2.38. The molecule has 0 aromatic carbocycles. The van der Waals surface area contributed by atoms with E-state index in [1.54, 1.807) is 20.8 Å². The molecule has 1 unspecified atom stereocenters. The smallest absolute Gasteiger partial charge is 0.268 e. The number of hydrogen-bond acceptors (Lipinski definition) is 17. The minimum atomic E-state index is -2.03. The number of nitrogens with zero attached hydrogens (tertiary/aromatic N) is 2. The van der Waals surface area contributed by atoms with Crippen molar-refractivity contribution in [3.8, 4) is 0 Å². The molecule has 2 aliphatic rings. The lowest BCUT2D eigenvalue weighted by Crippen LogP contribution is -2.62. The van der Waals surface area contributed by atoms with Gasteiger partial charge in [0.25, 0.3) is 11.8 Å². The number of ether oxygens (including phenoxy) is 1. The molecule has 12 amide bonds. The molecular weight excluding hydrogens is 1140 g/mol. The maximum atomic E-state index is 14.7. The van der Waals surface area contributed by atoms with E-state index in [9.17, 15) is 78.0 Å². The van der Waals surface area contributed by atoms with Gasteiger partial charge in [0, 0.05) is 27.1 Å². The van der Waals surface area contributed by atoms with Crippen LogP contribution in [0.5, 0.6) is 0 Å². The van der Waals surface area contributed by atoms with E-state index >= 15 is 0 Å². The standard InChI is InChI=1S/C58H100N12O17/c1-11-22-36(73)24-20-18-16-14-13-15-17-19-23-32(5)45-49(77)56(84)65-44(31(3)4)53(81)62-37(12-2)51(79)67-47(34(7)72)55(83)68-46(33(6)71)54(82)63-38(26-27-41(59)74)50(78)61-30-43(76)64-48(35(8)87-10)58(86)69(9)40(29-42(60)75)57(85)70-28-21-25-39(70)52(80)66-45/h12,31-36,38-40,44-49,71-73,77H,11,13-30H2,1-10H3,(H2,59,74)(H2,60,75)(H,61,78)(H,62,81)(H,63,82)(H,64,76)(H,65,84)(H,66,80)(H,67,79)(H,68,83)/b37-12+/t32-,33+,34+,35+,36?,38-,39-,40-,44-,45+,46-,47-,48-,49+/m0/s1. The van der Waals surface area contributed by atoms with Crippen LogP contribution in [-0.4, -0.2) is 207 Å². The summed E-state index contributed by atoms with van der Waals surface area (Å²) in [6, 6.07) is -12.8. The summed E-state index contributed by atoms with van der Waals surface area (Å²) in [5, 5.41) is 62.7. The number of amides is 12. The van der Waals surface area contributed by atoms with E-state index < -0.39 is 187 Å². The lowest BCUT2D eigenvalue weighted by atomic mass is 9.90. The van der Waals surface area contributed by atoms with Gasteiger partial charge in [0.1, 0.15) is 48.0 Å². The highest BCUT2D eigenvalue weighted by Crippen LogP contribution is 2.25. The first-order valence-electron chi connectivity index (χ1n) is 30.4. The SMILES string of the molecule is C/C=C1/NC(=O)[C@H](C(C)C)NC(=O)[C@H](O)[C@@H]([C@@H](C)CCCCCCCCCCC(O)CCC)NC(=O)[C@@H]2CCCN2C(=O)[C@H](CC(N)=O)N(C)C(=O)[C@H]([C@@H](C)OC)NC(=O)CNC(=O)[C@H](CCC(N)=O)NC(=O)[C@H]([C@@H](C)O)NC(=O)[C@H]([C@@H](C)O)NC1=O. The van der Waals surface area contributed by atoms with Crippen LogP contribution in [0.3, 0.4) is 0 Å². The fourth-order valence-electron chi connectivity index (χ4n) is 10.3. The van der Waals surface area contributed by atoms with Crippen molar-refractivity contribution in [3.05, 3.63) is 11.8 Å². The van der Waals surface area contributed by atoms with Crippen molar-refractivity contribution in [1.82, 2.24) is 52.3 Å². The number of unbranched alkanes of at least 4 members (excludes halogenated alkanes) is 7. The van der Waals surface area contributed by atoms with E-state index in [-0.39, 0.29) is 25.5 Å². The lowest BCUT2D eigenvalue weighted by Gasteiger charge is -2.36. The first-order valence-corrected chi connectivity index (χ1v) is 30.4. The minimum absolute atomic E-state index is 0.0446. The number of carbonyl (C=O) groups excluding carboxylic acids is 12. The number of fused-ring (bicyclic) bond motifs is 1. The summed E-state index contributed by atoms with van der Waals surface area (Å²) in [4.78, 5) is 167. The lowest BCUT2D eigenvalue weighted by molar-refractivity contribution is -0.151. The zero-order valence-corrected chi connectivity index (χ0v) is 52.3. The monoisotopic (exact) mass is 1240 g/mol. The molecule has 494 valence electrons. The Bertz CT molecular complexity index is 2370. The van der Waals surface area contributed by atoms with Crippen molar-refractivity contribution in [2.45, 2.75) is 243 Å². The Morgan fingerprint density at radius 1 is 0.667 bits per heavy atom. The van der Waals surface area contributed by atoms with Crippen LogP contribution in [0.4, 0.5) is 0 Å². The van der Waals surface area contributed by atoms with Crippen LogP contribution >= 0.6 is 0 Å². The van der Waals surface area contributed by atoms with E-state index in [2.05, 4.69) is 42.5 Å². The molecule has 2 saturated heterocycles. The summed E-state index contributed by atoms with van der Waals surface area (Å²) in [6.45, 7) is 10.9. The van der Waals surface area contributed by atoms with Crippen LogP contribution in [-0.2, 0) is 62.3 Å². The van der Waals surface area contributed by atoms with E-state index in [0.717, 1.165) is 93.9 Å². The second-order valence-electron chi connectivity index (χ2n) is 23.2. The van der Waals surface area contributed by atoms with Crippen molar-refractivity contribution in [3.63, 3.8) is 0 Å². The first-order chi connectivity index (χ1) is 40.9. The molecule has 2 fully saturated rings. The van der Waals surface area contributed by atoms with E-state index in [1.807, 2.05) is 6.92 Å². The van der Waals surface area contributed by atoms with E-state index in [1.165, 1.54) is 28.0 Å². The van der Waals surface area contributed by atoms with E-state index in [4.69, 9.17) is 16.2 Å². The second kappa shape index (κ2) is 38.5. The number of nitrogens with two attached hydrogens (primary N) is 2. The van der Waals surface area contributed by atoms with Gasteiger partial charge >= 0.3 is 0 Å². The molecule has 0 aromatic rings. The Morgan fingerprint density at radius 3 is 1.77 bits per heavy atom. The molecule has 0 saturated carbocycles. The van der Waals surface area contributed by atoms with Gasteiger partial charge in [0.2, 0.25) is 59.1 Å². The third kappa shape index (κ3) is 25.1. The third-order valence-corrected chi connectivity index (χ3v) is 15.7. The summed E-state index contributed by atoms with van der Waals surface area (Å²) in [5.41, 5.74) is 10.5. The molecule has 2 heterocycles. The highest BCUT2D eigenvalue weighted by atomic mass is 16.5. The fourth-order valence-corrected chi connectivity index (χ4v) is 10.3. The van der Waals surface area contributed by atoms with Crippen LogP contribution in [0.2, 0.25) is 0 Å². The number of carbonyl (C=O) groups is 12. The van der Waals surface area contributed by atoms with Crippen molar-refractivity contribution in [2.24, 2.45) is 23.3 Å². The van der Waals surface area contributed by atoms with Gasteiger partial charge < -0.3 is 89.0 Å². The maximum Gasteiger partial charge on any atom is 0.268 e. The van der Waals surface area contributed by atoms with Gasteiger partial charge in [-0.2, -0.15) is 0 Å². The summed E-state index contributed by atoms with van der Waals surface area (Å²) in [6.07, 6.45) is 2.99. The minimum Gasteiger partial charge on any atom is -0.393 e. The molecular formula is C58H100N12O17. The van der Waals surface area contributed by atoms with Crippen LogP contribution in [0.25, 0.3) is 0 Å². The quantitative estimate of drug-likeness (QED) is 0.0351. The Hall–Kier alpha value is -6.82. The zero-order valence-electron chi connectivity index (χ0n) is 52.3. The number of nitrogens with one attached hydrogen (secondary N) is 8. The number of methoxy groups -OCH3 is 1. The molecule has 2 aliphatic heterocycles. The average Bonchev–Trinajstić information content (AvgIpc) is 2.91. The summed E-state index contributed by atoms with van der Waals surface area (Å²) in [5.74, 6) is -13.7. The second-order valence-corrected chi connectivity index (χ2v) is 23.2. The molecule has 2 rings (SSSR count). The average molecular weight is 1240 g/mol. The first kappa shape index (κ1) is 76.3. The van der Waals surface area contributed by atoms with Gasteiger partial charge in [0.15, 0.2) is 6.10 Å². The van der Waals surface area contributed by atoms with Crippen LogP contribution < -0.4 is 54.0 Å². The van der Waals surface area contributed by atoms with Crippen molar-refractivity contribution in [1.29, 1.82) is 0 Å². The number of aliphatic hydroxyl groups is 4. The predicted octanol–water partition coefficient (Wildman–Crippen LogP) is -2.48. The molecule has 29 heteroatoms. The molecule has 16 N–H and O–H groups in total. The van der Waals surface area contributed by atoms with Crippen molar-refractivity contribution in [2.75, 3.05) is 27.2 Å². The van der Waals surface area contributed by atoms with Crippen LogP contribution in [0.1, 0.15) is 165 Å². The zero-order chi connectivity index (χ0) is 65.8. The van der Waals surface area contributed by atoms with Crippen LogP contribution in [0.15, 0.2) is 11.8 Å². The Kier molecular flexibility index (Phi) is 33.7.